The summed E-state index contributed by atoms with van der Waals surface area (Å²) in [5, 5.41) is 6.22. The molecule has 5 nitrogen and oxygen atoms in total. The van der Waals surface area contributed by atoms with E-state index in [-0.39, 0.29) is 24.2 Å². The van der Waals surface area contributed by atoms with E-state index in [1.807, 2.05) is 18.2 Å². The van der Waals surface area contributed by atoms with Crippen LogP contribution in [-0.4, -0.2) is 32.2 Å². The van der Waals surface area contributed by atoms with Crippen LogP contribution in [0.4, 0.5) is 5.69 Å². The first-order chi connectivity index (χ1) is 9.33. The normalized spacial score (nSPS) is 18.0. The van der Waals surface area contributed by atoms with Crippen molar-refractivity contribution < 1.29 is 14.3 Å². The monoisotopic (exact) mass is 298 g/mol. The third kappa shape index (κ3) is 3.35. The largest absolute Gasteiger partial charge is 0.486 e. The molecule has 1 amide bonds. The first-order valence-corrected chi connectivity index (χ1v) is 6.74. The molecule has 1 aromatic rings. The molecule has 0 spiro atoms. The van der Waals surface area contributed by atoms with Crippen LogP contribution < -0.4 is 20.1 Å². The van der Waals surface area contributed by atoms with Crippen LogP contribution in [0.1, 0.15) is 12.8 Å². The van der Waals surface area contributed by atoms with E-state index in [1.165, 1.54) is 0 Å². The summed E-state index contributed by atoms with van der Waals surface area (Å²) < 4.78 is 11.0. The van der Waals surface area contributed by atoms with Gasteiger partial charge in [0.05, 0.1) is 0 Å². The van der Waals surface area contributed by atoms with Crippen molar-refractivity contribution in [3.8, 4) is 11.5 Å². The van der Waals surface area contributed by atoms with Crippen molar-refractivity contribution in [1.82, 2.24) is 5.32 Å². The van der Waals surface area contributed by atoms with E-state index in [1.54, 1.807) is 0 Å². The highest BCUT2D eigenvalue weighted by molar-refractivity contribution is 5.93. The summed E-state index contributed by atoms with van der Waals surface area (Å²) in [5.74, 6) is 1.65. The maximum atomic E-state index is 12.1. The summed E-state index contributed by atoms with van der Waals surface area (Å²) in [6.07, 6.45) is 1.80. The molecule has 20 heavy (non-hydrogen) atoms. The predicted octanol–water partition coefficient (Wildman–Crippen LogP) is 1.82. The van der Waals surface area contributed by atoms with Gasteiger partial charge in [-0.1, -0.05) is 0 Å². The first kappa shape index (κ1) is 14.9. The Morgan fingerprint density at radius 1 is 1.15 bits per heavy atom. The third-order valence-electron chi connectivity index (χ3n) is 3.52. The molecule has 0 radical (unpaired) electrons. The van der Waals surface area contributed by atoms with Crippen LogP contribution in [0.5, 0.6) is 11.5 Å². The number of carbonyl (C=O) groups is 1. The molecule has 2 heterocycles. The topological polar surface area (TPSA) is 59.6 Å². The second kappa shape index (κ2) is 6.81. The number of carbonyl (C=O) groups excluding carboxylic acids is 1. The fraction of sp³-hybridized carbons (Fsp3) is 0.500. The standard InChI is InChI=1S/C14H18N2O3.ClH/c17-14(10-3-5-15-6-4-10)16-11-1-2-12-13(9-11)19-8-7-18-12;/h1-2,9-10,15H,3-8H2,(H,16,17);1H. The van der Waals surface area contributed by atoms with Gasteiger partial charge in [-0.2, -0.15) is 0 Å². The zero-order valence-electron chi connectivity index (χ0n) is 11.2. The minimum Gasteiger partial charge on any atom is -0.486 e. The number of benzene rings is 1. The van der Waals surface area contributed by atoms with Gasteiger partial charge in [0, 0.05) is 17.7 Å². The van der Waals surface area contributed by atoms with Gasteiger partial charge in [0.1, 0.15) is 13.2 Å². The molecule has 1 aromatic carbocycles. The summed E-state index contributed by atoms with van der Waals surface area (Å²) in [6.45, 7) is 2.96. The molecule has 3 rings (SSSR count). The lowest BCUT2D eigenvalue weighted by Crippen LogP contribution is -2.34. The van der Waals surface area contributed by atoms with E-state index >= 15 is 0 Å². The second-order valence-electron chi connectivity index (χ2n) is 4.87. The lowest BCUT2D eigenvalue weighted by atomic mass is 9.97. The van der Waals surface area contributed by atoms with E-state index in [0.29, 0.717) is 19.0 Å². The highest BCUT2D eigenvalue weighted by atomic mass is 35.5. The third-order valence-corrected chi connectivity index (χ3v) is 3.52. The minimum atomic E-state index is 0. The molecule has 6 heteroatoms. The van der Waals surface area contributed by atoms with Gasteiger partial charge in [-0.25, -0.2) is 0 Å². The fourth-order valence-corrected chi connectivity index (χ4v) is 2.45. The number of fused-ring (bicyclic) bond motifs is 1. The van der Waals surface area contributed by atoms with Crippen LogP contribution >= 0.6 is 12.4 Å². The van der Waals surface area contributed by atoms with Crippen LogP contribution in [0, 0.1) is 5.92 Å². The van der Waals surface area contributed by atoms with Crippen LogP contribution in [0.25, 0.3) is 0 Å². The number of amides is 1. The Kier molecular flexibility index (Phi) is 5.09. The van der Waals surface area contributed by atoms with Crippen molar-refractivity contribution in [2.45, 2.75) is 12.8 Å². The second-order valence-corrected chi connectivity index (χ2v) is 4.87. The smallest absolute Gasteiger partial charge is 0.227 e. The van der Waals surface area contributed by atoms with Crippen molar-refractivity contribution in [2.24, 2.45) is 5.92 Å². The molecule has 2 aliphatic heterocycles. The number of nitrogens with one attached hydrogen (secondary N) is 2. The zero-order valence-corrected chi connectivity index (χ0v) is 12.0. The summed E-state index contributed by atoms with van der Waals surface area (Å²) in [4.78, 5) is 12.1. The summed E-state index contributed by atoms with van der Waals surface area (Å²) in [7, 11) is 0. The molecule has 0 atom stereocenters. The van der Waals surface area contributed by atoms with Gasteiger partial charge in [-0.15, -0.1) is 12.4 Å². The van der Waals surface area contributed by atoms with Crippen molar-refractivity contribution >= 4 is 24.0 Å². The molecule has 2 N–H and O–H groups in total. The number of piperidine rings is 1. The Morgan fingerprint density at radius 3 is 2.60 bits per heavy atom. The number of halogens is 1. The average Bonchev–Trinajstić information content (AvgIpc) is 2.48. The number of hydrogen-bond donors (Lipinski definition) is 2. The van der Waals surface area contributed by atoms with Gasteiger partial charge in [-0.05, 0) is 38.1 Å². The number of hydrogen-bond acceptors (Lipinski definition) is 4. The van der Waals surface area contributed by atoms with Crippen molar-refractivity contribution in [3.63, 3.8) is 0 Å². The van der Waals surface area contributed by atoms with Gasteiger partial charge in [0.25, 0.3) is 0 Å². The van der Waals surface area contributed by atoms with E-state index in [4.69, 9.17) is 9.47 Å². The fourth-order valence-electron chi connectivity index (χ4n) is 2.45. The van der Waals surface area contributed by atoms with Gasteiger partial charge >= 0.3 is 0 Å². The highest BCUT2D eigenvalue weighted by Crippen LogP contribution is 2.32. The highest BCUT2D eigenvalue weighted by Gasteiger charge is 2.21. The Hall–Kier alpha value is -1.46. The number of anilines is 1. The summed E-state index contributed by atoms with van der Waals surface area (Å²) in [5.41, 5.74) is 0.771. The quantitative estimate of drug-likeness (QED) is 0.874. The number of rotatable bonds is 2. The summed E-state index contributed by atoms with van der Waals surface area (Å²) in [6, 6.07) is 5.52. The van der Waals surface area contributed by atoms with Crippen molar-refractivity contribution in [2.75, 3.05) is 31.6 Å². The van der Waals surface area contributed by atoms with E-state index in [9.17, 15) is 4.79 Å². The molecule has 0 bridgehead atoms. The lowest BCUT2D eigenvalue weighted by Gasteiger charge is -2.22. The van der Waals surface area contributed by atoms with Gasteiger partial charge in [0.15, 0.2) is 11.5 Å². The molecule has 0 unspecified atom stereocenters. The van der Waals surface area contributed by atoms with Crippen LogP contribution in [0.15, 0.2) is 18.2 Å². The molecule has 0 aromatic heterocycles. The SMILES string of the molecule is Cl.O=C(Nc1ccc2c(c1)OCCO2)C1CCNCC1. The van der Waals surface area contributed by atoms with E-state index < -0.39 is 0 Å². The molecule has 1 saturated heterocycles. The molecular weight excluding hydrogens is 280 g/mol. The molecule has 2 aliphatic rings. The Bertz CT molecular complexity index is 475. The maximum absolute atomic E-state index is 12.1. The Morgan fingerprint density at radius 2 is 1.85 bits per heavy atom. The lowest BCUT2D eigenvalue weighted by molar-refractivity contribution is -0.120. The van der Waals surface area contributed by atoms with E-state index in [0.717, 1.165) is 37.4 Å². The Balaban J connectivity index is 0.00000147. The Labute approximate surface area is 124 Å². The minimum absolute atomic E-state index is 0. The molecule has 110 valence electrons. The van der Waals surface area contributed by atoms with Gasteiger partial charge in [0.2, 0.25) is 5.91 Å². The summed E-state index contributed by atoms with van der Waals surface area (Å²) >= 11 is 0. The molecule has 0 saturated carbocycles. The van der Waals surface area contributed by atoms with Crippen LogP contribution in [0.2, 0.25) is 0 Å². The average molecular weight is 299 g/mol. The molecular formula is C14H19ClN2O3. The molecule has 1 fully saturated rings. The van der Waals surface area contributed by atoms with Gasteiger partial charge < -0.3 is 20.1 Å². The first-order valence-electron chi connectivity index (χ1n) is 6.74. The zero-order chi connectivity index (χ0) is 13.1. The van der Waals surface area contributed by atoms with Crippen molar-refractivity contribution in [3.05, 3.63) is 18.2 Å². The number of ether oxygens (including phenoxy) is 2. The van der Waals surface area contributed by atoms with Crippen LogP contribution in [-0.2, 0) is 4.79 Å². The predicted molar refractivity (Wildman–Crippen MR) is 78.9 cm³/mol. The van der Waals surface area contributed by atoms with Crippen LogP contribution in [0.3, 0.4) is 0 Å². The van der Waals surface area contributed by atoms with Crippen molar-refractivity contribution in [1.29, 1.82) is 0 Å². The maximum Gasteiger partial charge on any atom is 0.227 e. The van der Waals surface area contributed by atoms with Gasteiger partial charge in [-0.3, -0.25) is 4.79 Å². The van der Waals surface area contributed by atoms with E-state index in [2.05, 4.69) is 10.6 Å². The molecule has 0 aliphatic carbocycles.